The second-order valence-corrected chi connectivity index (χ2v) is 16.9. The van der Waals surface area contributed by atoms with Crippen LogP contribution >= 0.6 is 0 Å². The van der Waals surface area contributed by atoms with Gasteiger partial charge in [-0.25, -0.2) is 14.4 Å². The third-order valence-corrected chi connectivity index (χ3v) is 11.7. The molecule has 1 unspecified atom stereocenters. The van der Waals surface area contributed by atoms with Gasteiger partial charge in [0.1, 0.15) is 35.1 Å². The lowest BCUT2D eigenvalue weighted by Crippen LogP contribution is -2.81. The number of rotatable bonds is 7. The van der Waals surface area contributed by atoms with Gasteiger partial charge in [0.15, 0.2) is 11.9 Å². The molecule has 0 aromatic heterocycles. The van der Waals surface area contributed by atoms with Gasteiger partial charge in [-0.3, -0.25) is 4.79 Å². The first-order chi connectivity index (χ1) is 24.4. The number of alkyl carbamates (subject to hydrolysis) is 1. The zero-order chi connectivity index (χ0) is 39.6. The van der Waals surface area contributed by atoms with E-state index in [0.29, 0.717) is 5.57 Å². The molecule has 6 N–H and O–H groups in total. The third-order valence-electron chi connectivity index (χ3n) is 11.7. The third kappa shape index (κ3) is 6.82. The monoisotopic (exact) mass is 743 g/mol. The maximum Gasteiger partial charge on any atom is 0.408 e. The minimum Gasteiger partial charge on any atom is -0.456 e. The number of allylic oxidation sites excluding steroid dienone is 1. The smallest absolute Gasteiger partial charge is 0.408 e. The summed E-state index contributed by atoms with van der Waals surface area (Å²) >= 11 is 0. The first-order valence-electron chi connectivity index (χ1n) is 17.9. The van der Waals surface area contributed by atoms with Gasteiger partial charge in [0, 0.05) is 24.2 Å². The Balaban J connectivity index is 1.62. The molecule has 0 spiro atoms. The molecule has 14 heteroatoms. The number of Topliss-reactive ketones (excluding diaryl/α,β-unsaturated/α-hetero) is 1. The van der Waals surface area contributed by atoms with Crippen LogP contribution in [0, 0.1) is 16.7 Å². The van der Waals surface area contributed by atoms with Crippen molar-refractivity contribution in [3.63, 3.8) is 0 Å². The number of esters is 2. The molecule has 1 aromatic rings. The SMILES string of the molecule is CC(C)=C[C@H](NC(=O)OC(C)(C)C)[C@@H](O)C(=O)OC1C[C@@]2(O)[C@@H](OC(=O)c3ccccc3)[C@@H]3[C@]4(O)CO[C@@H]4C[C@H](O)[C@@]3(C)C(=O)[C@H](O)C(=C1C)C2(C)C. The molecule has 11 atom stereocenters. The first kappa shape index (κ1) is 40.5. The fourth-order valence-electron chi connectivity index (χ4n) is 8.75. The molecule has 1 saturated heterocycles. The van der Waals surface area contributed by atoms with E-state index in [-0.39, 0.29) is 29.7 Å². The van der Waals surface area contributed by atoms with Crippen molar-refractivity contribution in [1.82, 2.24) is 5.32 Å². The summed E-state index contributed by atoms with van der Waals surface area (Å²) in [6, 6.07) is 6.59. The summed E-state index contributed by atoms with van der Waals surface area (Å²) in [5, 5.41) is 62.7. The molecule has 53 heavy (non-hydrogen) atoms. The second kappa shape index (κ2) is 13.9. The van der Waals surface area contributed by atoms with E-state index in [0.717, 1.165) is 0 Å². The van der Waals surface area contributed by atoms with E-state index in [1.54, 1.807) is 66.7 Å². The summed E-state index contributed by atoms with van der Waals surface area (Å²) in [7, 11) is 0. The largest absolute Gasteiger partial charge is 0.456 e. The van der Waals surface area contributed by atoms with Gasteiger partial charge in [-0.1, -0.05) is 43.7 Å². The normalized spacial score (nSPS) is 35.8. The Kier molecular flexibility index (Phi) is 10.6. The minimum atomic E-state index is -2.29. The van der Waals surface area contributed by atoms with Crippen LogP contribution in [0.5, 0.6) is 0 Å². The molecule has 14 nitrogen and oxygen atoms in total. The van der Waals surface area contributed by atoms with Crippen LogP contribution in [0.2, 0.25) is 0 Å². The standard InChI is InChI=1S/C39H53NO13/c1-19(2)15-22(40-34(47)53-35(4,5)6)27(42)33(46)51-23-17-39(49)31(52-32(45)21-13-11-10-12-14-21)29-37(9,24(41)16-25-38(29,48)18-50-25)30(44)28(43)26(20(23)3)36(39,7)8/h10-15,22-25,27-29,31,41-43,48-49H,16-18H2,1-9H3,(H,40,47)/t22-,23?,24-,25+,27+,28+,29-,31-,37+,38-,39+/m0/s1. The van der Waals surface area contributed by atoms with Gasteiger partial charge >= 0.3 is 18.0 Å². The van der Waals surface area contributed by atoms with Gasteiger partial charge in [-0.15, -0.1) is 0 Å². The predicted molar refractivity (Wildman–Crippen MR) is 188 cm³/mol. The summed E-state index contributed by atoms with van der Waals surface area (Å²) in [4.78, 5) is 54.9. The van der Waals surface area contributed by atoms with Crippen molar-refractivity contribution >= 4 is 23.8 Å². The zero-order valence-electron chi connectivity index (χ0n) is 31.7. The molecule has 1 heterocycles. The highest BCUT2D eigenvalue weighted by Crippen LogP contribution is 2.63. The Morgan fingerprint density at radius 3 is 2.21 bits per heavy atom. The van der Waals surface area contributed by atoms with Crippen LogP contribution < -0.4 is 5.32 Å². The molecule has 4 aliphatic rings. The van der Waals surface area contributed by atoms with E-state index in [9.17, 15) is 44.7 Å². The Morgan fingerprint density at radius 2 is 1.66 bits per heavy atom. The molecule has 1 aromatic carbocycles. The summed E-state index contributed by atoms with van der Waals surface area (Å²) in [6.07, 6.45) is -9.70. The molecule has 2 bridgehead atoms. The molecular weight excluding hydrogens is 690 g/mol. The number of ketones is 1. The highest BCUT2D eigenvalue weighted by atomic mass is 16.6. The summed E-state index contributed by atoms with van der Waals surface area (Å²) in [5.41, 5.74) is -7.72. The molecule has 292 valence electrons. The number of carbonyl (C=O) groups is 4. The Labute approximate surface area is 309 Å². The maximum absolute atomic E-state index is 14.6. The fourth-order valence-corrected chi connectivity index (χ4v) is 8.75. The van der Waals surface area contributed by atoms with E-state index in [1.165, 1.54) is 32.1 Å². The van der Waals surface area contributed by atoms with E-state index in [2.05, 4.69) is 5.32 Å². The van der Waals surface area contributed by atoms with Crippen LogP contribution in [0.3, 0.4) is 0 Å². The average molecular weight is 744 g/mol. The van der Waals surface area contributed by atoms with E-state index >= 15 is 0 Å². The van der Waals surface area contributed by atoms with Crippen LogP contribution in [0.1, 0.15) is 85.5 Å². The Hall–Kier alpha value is -3.66. The maximum atomic E-state index is 14.6. The quantitative estimate of drug-likeness (QED) is 0.134. The molecule has 5 rings (SSSR count). The molecule has 3 fully saturated rings. The minimum absolute atomic E-state index is 0.0390. The van der Waals surface area contributed by atoms with Crippen molar-refractivity contribution in [2.24, 2.45) is 16.7 Å². The van der Waals surface area contributed by atoms with Crippen LogP contribution in [-0.2, 0) is 28.5 Å². The van der Waals surface area contributed by atoms with Crippen molar-refractivity contribution in [2.75, 3.05) is 6.61 Å². The Bertz CT molecular complexity index is 1690. The summed E-state index contributed by atoms with van der Waals surface area (Å²) in [6.45, 7) is 14.0. The van der Waals surface area contributed by atoms with Gasteiger partial charge in [-0.2, -0.15) is 0 Å². The van der Waals surface area contributed by atoms with Crippen molar-refractivity contribution in [1.29, 1.82) is 0 Å². The zero-order valence-corrected chi connectivity index (χ0v) is 31.7. The van der Waals surface area contributed by atoms with Crippen molar-refractivity contribution < 1.29 is 63.7 Å². The van der Waals surface area contributed by atoms with Crippen LogP contribution in [0.15, 0.2) is 53.1 Å². The predicted octanol–water partition coefficient (Wildman–Crippen LogP) is 2.28. The van der Waals surface area contributed by atoms with E-state index in [4.69, 9.17) is 18.9 Å². The van der Waals surface area contributed by atoms with Gasteiger partial charge in [-0.05, 0) is 71.7 Å². The van der Waals surface area contributed by atoms with E-state index in [1.807, 2.05) is 0 Å². The van der Waals surface area contributed by atoms with Crippen molar-refractivity contribution in [2.45, 2.75) is 135 Å². The molecule has 3 aliphatic carbocycles. The first-order valence-corrected chi connectivity index (χ1v) is 17.9. The van der Waals surface area contributed by atoms with Gasteiger partial charge < -0.3 is 49.8 Å². The number of aliphatic hydroxyl groups excluding tert-OH is 3. The second-order valence-electron chi connectivity index (χ2n) is 16.9. The lowest BCUT2D eigenvalue weighted by atomic mass is 9.44. The molecular formula is C39H53NO13. The summed E-state index contributed by atoms with van der Waals surface area (Å²) in [5.74, 6) is -4.52. The number of amides is 1. The highest BCUT2D eigenvalue weighted by molar-refractivity contribution is 5.94. The highest BCUT2D eigenvalue weighted by Gasteiger charge is 2.76. The number of aliphatic hydroxyl groups is 5. The lowest BCUT2D eigenvalue weighted by molar-refractivity contribution is -0.343. The number of nitrogens with one attached hydrogen (secondary N) is 1. The number of benzene rings is 1. The van der Waals surface area contributed by atoms with Crippen LogP contribution in [0.25, 0.3) is 0 Å². The van der Waals surface area contributed by atoms with Crippen LogP contribution in [0.4, 0.5) is 4.79 Å². The number of carbonyl (C=O) groups excluding carboxylic acids is 4. The molecule has 0 radical (unpaired) electrons. The topological polar surface area (TPSA) is 218 Å². The summed E-state index contributed by atoms with van der Waals surface area (Å²) < 4.78 is 23.0. The van der Waals surface area contributed by atoms with Gasteiger partial charge in [0.25, 0.3) is 0 Å². The van der Waals surface area contributed by atoms with Crippen molar-refractivity contribution in [3.8, 4) is 0 Å². The molecule has 1 aliphatic heterocycles. The molecule has 1 amide bonds. The number of hydrogen-bond acceptors (Lipinski definition) is 13. The fraction of sp³-hybridized carbons (Fsp3) is 0.641. The number of ether oxygens (including phenoxy) is 4. The number of fused-ring (bicyclic) bond motifs is 5. The van der Waals surface area contributed by atoms with Crippen LogP contribution in [-0.4, -0.2) is 115 Å². The van der Waals surface area contributed by atoms with Gasteiger partial charge in [0.2, 0.25) is 0 Å². The molecule has 2 saturated carbocycles. The van der Waals surface area contributed by atoms with Gasteiger partial charge in [0.05, 0.1) is 35.8 Å². The average Bonchev–Trinajstić information content (AvgIpc) is 3.05. The lowest BCUT2D eigenvalue weighted by Gasteiger charge is -2.66. The van der Waals surface area contributed by atoms with Crippen molar-refractivity contribution in [3.05, 3.63) is 58.7 Å². The van der Waals surface area contributed by atoms with E-state index < -0.39 is 106 Å². The number of hydrogen-bond donors (Lipinski definition) is 6. The Morgan fingerprint density at radius 1 is 1.04 bits per heavy atom.